The third-order valence-electron chi connectivity index (χ3n) is 6.47. The van der Waals surface area contributed by atoms with Gasteiger partial charge in [-0.25, -0.2) is 12.8 Å². The van der Waals surface area contributed by atoms with Crippen molar-refractivity contribution in [1.29, 1.82) is 0 Å². The maximum absolute atomic E-state index is 13.9. The molecule has 0 bridgehead atoms. The maximum Gasteiger partial charge on any atom is 0.264 e. The van der Waals surface area contributed by atoms with Gasteiger partial charge < -0.3 is 10.2 Å². The molecule has 3 aromatic carbocycles. The summed E-state index contributed by atoms with van der Waals surface area (Å²) in [6, 6.07) is 17.0. The van der Waals surface area contributed by atoms with Gasteiger partial charge in [0.05, 0.1) is 10.6 Å². The van der Waals surface area contributed by atoms with Crippen molar-refractivity contribution in [3.05, 3.63) is 94.8 Å². The van der Waals surface area contributed by atoms with Gasteiger partial charge in [0.15, 0.2) is 0 Å². The summed E-state index contributed by atoms with van der Waals surface area (Å²) in [6.07, 6.45) is 0.698. The molecule has 0 saturated carbocycles. The average Bonchev–Trinajstić information content (AvgIpc) is 2.91. The number of hydrogen-bond donors (Lipinski definition) is 1. The van der Waals surface area contributed by atoms with E-state index in [1.54, 1.807) is 43.3 Å². The molecule has 3 rings (SSSR count). The second-order valence-corrected chi connectivity index (χ2v) is 11.7. The molecule has 2 atom stereocenters. The van der Waals surface area contributed by atoms with Gasteiger partial charge in [-0.15, -0.1) is 0 Å². The lowest BCUT2D eigenvalue weighted by Gasteiger charge is -2.32. The largest absolute Gasteiger partial charge is 0.352 e. The number of nitrogens with zero attached hydrogens (tertiary/aromatic N) is 2. The van der Waals surface area contributed by atoms with Gasteiger partial charge >= 0.3 is 0 Å². The zero-order valence-electron chi connectivity index (χ0n) is 22.4. The minimum Gasteiger partial charge on any atom is -0.352 e. The van der Waals surface area contributed by atoms with Crippen LogP contribution in [-0.2, 0) is 26.2 Å². The van der Waals surface area contributed by atoms with E-state index in [1.807, 2.05) is 20.8 Å². The lowest BCUT2D eigenvalue weighted by atomic mass is 10.1. The van der Waals surface area contributed by atoms with Gasteiger partial charge in [0.2, 0.25) is 11.8 Å². The fraction of sp³-hybridized carbons (Fsp3) is 0.310. The van der Waals surface area contributed by atoms with Gasteiger partial charge in [-0.05, 0) is 75.2 Å². The number of halogens is 2. The van der Waals surface area contributed by atoms with Crippen molar-refractivity contribution in [2.45, 2.75) is 57.6 Å². The summed E-state index contributed by atoms with van der Waals surface area (Å²) in [5.74, 6) is -1.55. The first kappa shape index (κ1) is 30.1. The number of aryl methyl sites for hydroxylation is 1. The van der Waals surface area contributed by atoms with E-state index in [1.165, 1.54) is 29.2 Å². The zero-order chi connectivity index (χ0) is 28.7. The van der Waals surface area contributed by atoms with Gasteiger partial charge in [-0.3, -0.25) is 13.9 Å². The van der Waals surface area contributed by atoms with Crippen molar-refractivity contribution >= 4 is 39.1 Å². The molecule has 10 heteroatoms. The highest BCUT2D eigenvalue weighted by molar-refractivity contribution is 7.92. The predicted octanol–water partition coefficient (Wildman–Crippen LogP) is 5.31. The van der Waals surface area contributed by atoms with E-state index >= 15 is 0 Å². The number of hydrogen-bond acceptors (Lipinski definition) is 4. The Morgan fingerprint density at radius 1 is 0.974 bits per heavy atom. The number of rotatable bonds is 11. The minimum atomic E-state index is -4.23. The summed E-state index contributed by atoms with van der Waals surface area (Å²) in [5, 5.41) is 3.29. The second-order valence-electron chi connectivity index (χ2n) is 9.41. The average molecular weight is 574 g/mol. The first-order chi connectivity index (χ1) is 18.4. The fourth-order valence-corrected chi connectivity index (χ4v) is 5.44. The van der Waals surface area contributed by atoms with Crippen molar-refractivity contribution in [2.24, 2.45) is 0 Å². The highest BCUT2D eigenvalue weighted by atomic mass is 35.5. The number of nitrogens with one attached hydrogen (secondary N) is 1. The van der Waals surface area contributed by atoms with Crippen LogP contribution in [-0.4, -0.2) is 43.8 Å². The van der Waals surface area contributed by atoms with E-state index < -0.39 is 34.3 Å². The van der Waals surface area contributed by atoms with Crippen LogP contribution in [0.1, 0.15) is 38.3 Å². The summed E-state index contributed by atoms with van der Waals surface area (Å²) in [6.45, 7) is 6.57. The standard InChI is InChI=1S/C29H33ClFN3O4S/c1-5-21(3)32-29(36)22(4)33(18-23-8-6-7-9-27(23)30)28(35)19-34(25-14-12-24(31)13-15-25)39(37,38)26-16-10-20(2)11-17-26/h6-17,21-22H,5,18-19H2,1-4H3,(H,32,36)/t21-,22+/m1/s1. The normalized spacial score (nSPS) is 12.9. The Bertz CT molecular complexity index is 1400. The molecule has 0 fully saturated rings. The lowest BCUT2D eigenvalue weighted by molar-refractivity contribution is -0.139. The topological polar surface area (TPSA) is 86.8 Å². The fourth-order valence-electron chi connectivity index (χ4n) is 3.83. The molecule has 39 heavy (non-hydrogen) atoms. The summed E-state index contributed by atoms with van der Waals surface area (Å²) in [7, 11) is -4.23. The number of carbonyl (C=O) groups excluding carboxylic acids is 2. The molecule has 0 saturated heterocycles. The molecule has 0 aliphatic rings. The van der Waals surface area contributed by atoms with E-state index in [9.17, 15) is 22.4 Å². The molecule has 0 aliphatic carbocycles. The molecule has 0 aromatic heterocycles. The molecular formula is C29H33ClFN3O4S. The number of sulfonamides is 1. The van der Waals surface area contributed by atoms with Crippen LogP contribution in [0.25, 0.3) is 0 Å². The van der Waals surface area contributed by atoms with Crippen molar-refractivity contribution in [2.75, 3.05) is 10.8 Å². The summed E-state index contributed by atoms with van der Waals surface area (Å²) in [5.41, 5.74) is 1.58. The van der Waals surface area contributed by atoms with Crippen LogP contribution < -0.4 is 9.62 Å². The summed E-state index contributed by atoms with van der Waals surface area (Å²) < 4.78 is 42.1. The SMILES string of the molecule is CC[C@@H](C)NC(=O)[C@H](C)N(Cc1ccccc1Cl)C(=O)CN(c1ccc(F)cc1)S(=O)(=O)c1ccc(C)cc1. The van der Waals surface area contributed by atoms with Gasteiger partial charge in [0, 0.05) is 17.6 Å². The maximum atomic E-state index is 13.9. The van der Waals surface area contributed by atoms with E-state index in [2.05, 4.69) is 5.32 Å². The Morgan fingerprint density at radius 2 is 1.59 bits per heavy atom. The molecular weight excluding hydrogens is 541 g/mol. The van der Waals surface area contributed by atoms with Crippen LogP contribution >= 0.6 is 11.6 Å². The molecule has 0 heterocycles. The Hall–Kier alpha value is -3.43. The zero-order valence-corrected chi connectivity index (χ0v) is 24.0. The van der Waals surface area contributed by atoms with Gasteiger partial charge in [0.1, 0.15) is 18.4 Å². The highest BCUT2D eigenvalue weighted by Gasteiger charge is 2.33. The Morgan fingerprint density at radius 3 is 2.18 bits per heavy atom. The van der Waals surface area contributed by atoms with Crippen molar-refractivity contribution in [3.63, 3.8) is 0 Å². The molecule has 0 radical (unpaired) electrons. The van der Waals surface area contributed by atoms with Crippen LogP contribution in [0.15, 0.2) is 77.7 Å². The minimum absolute atomic E-state index is 0.0184. The summed E-state index contributed by atoms with van der Waals surface area (Å²) in [4.78, 5) is 28.2. The van der Waals surface area contributed by atoms with Crippen molar-refractivity contribution in [3.8, 4) is 0 Å². The van der Waals surface area contributed by atoms with Crippen molar-refractivity contribution < 1.29 is 22.4 Å². The Kier molecular flexibility index (Phi) is 10.1. The third kappa shape index (κ3) is 7.58. The smallest absolute Gasteiger partial charge is 0.264 e. The van der Waals surface area contributed by atoms with E-state index in [0.29, 0.717) is 17.0 Å². The summed E-state index contributed by atoms with van der Waals surface area (Å²) >= 11 is 6.37. The van der Waals surface area contributed by atoms with Gasteiger partial charge in [0.25, 0.3) is 10.0 Å². The van der Waals surface area contributed by atoms with Crippen LogP contribution in [0.4, 0.5) is 10.1 Å². The number of carbonyl (C=O) groups is 2. The quantitative estimate of drug-likeness (QED) is 0.337. The van der Waals surface area contributed by atoms with Gasteiger partial charge in [-0.2, -0.15) is 0 Å². The third-order valence-corrected chi connectivity index (χ3v) is 8.63. The first-order valence-electron chi connectivity index (χ1n) is 12.6. The van der Waals surface area contributed by atoms with Crippen LogP contribution in [0.3, 0.4) is 0 Å². The number of amides is 2. The van der Waals surface area contributed by atoms with Crippen LogP contribution in [0.5, 0.6) is 0 Å². The molecule has 2 amide bonds. The van der Waals surface area contributed by atoms with Crippen molar-refractivity contribution in [1.82, 2.24) is 10.2 Å². The Labute approximate surface area is 234 Å². The first-order valence-corrected chi connectivity index (χ1v) is 14.4. The van der Waals surface area contributed by atoms with Crippen LogP contribution in [0.2, 0.25) is 5.02 Å². The van der Waals surface area contributed by atoms with E-state index in [4.69, 9.17) is 11.6 Å². The number of benzene rings is 3. The molecule has 0 aliphatic heterocycles. The van der Waals surface area contributed by atoms with Gasteiger partial charge in [-0.1, -0.05) is 54.4 Å². The second kappa shape index (κ2) is 13.1. The van der Waals surface area contributed by atoms with E-state index in [-0.39, 0.29) is 29.1 Å². The van der Waals surface area contributed by atoms with E-state index in [0.717, 1.165) is 22.0 Å². The molecule has 208 valence electrons. The lowest BCUT2D eigenvalue weighted by Crippen LogP contribution is -2.52. The molecule has 7 nitrogen and oxygen atoms in total. The molecule has 0 spiro atoms. The Balaban J connectivity index is 2.03. The predicted molar refractivity (Wildman–Crippen MR) is 151 cm³/mol. The number of anilines is 1. The molecule has 0 unspecified atom stereocenters. The monoisotopic (exact) mass is 573 g/mol. The molecule has 1 N–H and O–H groups in total. The molecule has 3 aromatic rings. The highest BCUT2D eigenvalue weighted by Crippen LogP contribution is 2.26. The van der Waals surface area contributed by atoms with Crippen LogP contribution in [0, 0.1) is 12.7 Å².